The fraction of sp³-hybridized carbons (Fsp3) is 0.188. The monoisotopic (exact) mass is 324 g/mol. The Morgan fingerprint density at radius 1 is 1.29 bits per heavy atom. The number of H-pyrrole nitrogens is 1. The van der Waals surface area contributed by atoms with E-state index < -0.39 is 11.2 Å². The van der Waals surface area contributed by atoms with E-state index in [0.717, 1.165) is 4.57 Å². The fourth-order valence-corrected chi connectivity index (χ4v) is 2.23. The molecule has 8 nitrogen and oxygen atoms in total. The van der Waals surface area contributed by atoms with Crippen LogP contribution in [0.1, 0.15) is 0 Å². The van der Waals surface area contributed by atoms with E-state index in [-0.39, 0.29) is 17.7 Å². The van der Waals surface area contributed by atoms with Gasteiger partial charge in [0.2, 0.25) is 0 Å². The molecule has 0 saturated carbocycles. The van der Waals surface area contributed by atoms with Crippen molar-refractivity contribution in [3.8, 4) is 0 Å². The van der Waals surface area contributed by atoms with Crippen LogP contribution in [-0.4, -0.2) is 44.9 Å². The number of aliphatic imine (C=N–C) groups is 1. The molecule has 2 heterocycles. The average Bonchev–Trinajstić information content (AvgIpc) is 2.55. The van der Waals surface area contributed by atoms with Gasteiger partial charge in [0, 0.05) is 20.6 Å². The van der Waals surface area contributed by atoms with Gasteiger partial charge >= 0.3 is 5.69 Å². The van der Waals surface area contributed by atoms with Gasteiger partial charge in [-0.25, -0.2) is 19.8 Å². The van der Waals surface area contributed by atoms with Crippen LogP contribution in [0.4, 0.5) is 5.69 Å². The standard InChI is InChI=1S/C16H16N6O2/c1-4-7-22-15(23)13-14(20-16(22)24)19-12-8-10(17-9-21(2)3)5-6-11(12)18-13/h4-6,8-9H,1,7H2,2-3H3,(H,19,20,24). The largest absolute Gasteiger partial charge is 0.369 e. The van der Waals surface area contributed by atoms with E-state index in [9.17, 15) is 9.59 Å². The quantitative estimate of drug-likeness (QED) is 0.335. The van der Waals surface area contributed by atoms with Gasteiger partial charge in [0.1, 0.15) is 0 Å². The molecule has 0 aliphatic rings. The summed E-state index contributed by atoms with van der Waals surface area (Å²) < 4.78 is 1.03. The van der Waals surface area contributed by atoms with Gasteiger partial charge in [0.25, 0.3) is 5.56 Å². The van der Waals surface area contributed by atoms with Gasteiger partial charge in [-0.05, 0) is 18.2 Å². The fourth-order valence-electron chi connectivity index (χ4n) is 2.23. The molecule has 0 atom stereocenters. The second kappa shape index (κ2) is 6.07. The molecule has 0 spiro atoms. The van der Waals surface area contributed by atoms with E-state index in [0.29, 0.717) is 16.7 Å². The number of hydrogen-bond donors (Lipinski definition) is 1. The predicted molar refractivity (Wildman–Crippen MR) is 94.0 cm³/mol. The van der Waals surface area contributed by atoms with E-state index in [1.165, 1.54) is 6.08 Å². The first kappa shape index (κ1) is 15.6. The summed E-state index contributed by atoms with van der Waals surface area (Å²) in [5.41, 5.74) is 1.06. The Morgan fingerprint density at radius 3 is 2.79 bits per heavy atom. The first-order chi connectivity index (χ1) is 11.5. The van der Waals surface area contributed by atoms with E-state index in [4.69, 9.17) is 0 Å². The molecule has 3 rings (SSSR count). The van der Waals surface area contributed by atoms with Crippen LogP contribution in [0.25, 0.3) is 22.2 Å². The molecular formula is C16H16N6O2. The van der Waals surface area contributed by atoms with Crippen LogP contribution in [0.15, 0.2) is 45.4 Å². The molecule has 1 aromatic carbocycles. The zero-order valence-corrected chi connectivity index (χ0v) is 13.4. The van der Waals surface area contributed by atoms with Crippen molar-refractivity contribution < 1.29 is 0 Å². The van der Waals surface area contributed by atoms with Gasteiger partial charge < -0.3 is 4.90 Å². The molecule has 3 aromatic rings. The highest BCUT2D eigenvalue weighted by Crippen LogP contribution is 2.19. The van der Waals surface area contributed by atoms with E-state index in [2.05, 4.69) is 26.5 Å². The summed E-state index contributed by atoms with van der Waals surface area (Å²) in [5, 5.41) is 0. The van der Waals surface area contributed by atoms with Crippen molar-refractivity contribution >= 4 is 34.2 Å². The molecule has 24 heavy (non-hydrogen) atoms. The third-order valence-electron chi connectivity index (χ3n) is 3.32. The lowest BCUT2D eigenvalue weighted by Crippen LogP contribution is -2.35. The van der Waals surface area contributed by atoms with Gasteiger partial charge in [-0.1, -0.05) is 6.08 Å². The number of aromatic nitrogens is 4. The summed E-state index contributed by atoms with van der Waals surface area (Å²) in [6.07, 6.45) is 3.15. The zero-order chi connectivity index (χ0) is 17.3. The highest BCUT2D eigenvalue weighted by molar-refractivity contribution is 5.85. The lowest BCUT2D eigenvalue weighted by molar-refractivity contribution is 0.643. The SMILES string of the molecule is C=CCn1c(=O)[nH]c2nc3cc(N=CN(C)C)ccc3nc2c1=O. The Hall–Kier alpha value is -3.29. The van der Waals surface area contributed by atoms with Crippen LogP contribution < -0.4 is 11.2 Å². The van der Waals surface area contributed by atoms with Gasteiger partial charge in [0.15, 0.2) is 11.2 Å². The first-order valence-corrected chi connectivity index (χ1v) is 7.26. The van der Waals surface area contributed by atoms with Gasteiger partial charge in [-0.3, -0.25) is 14.3 Å². The third kappa shape index (κ3) is 2.81. The van der Waals surface area contributed by atoms with Crippen LogP contribution in [0, 0.1) is 0 Å². The lowest BCUT2D eigenvalue weighted by Gasteiger charge is -2.05. The maximum Gasteiger partial charge on any atom is 0.330 e. The molecule has 8 heteroatoms. The van der Waals surface area contributed by atoms with Gasteiger partial charge in [-0.2, -0.15) is 0 Å². The van der Waals surface area contributed by atoms with Crippen molar-refractivity contribution in [1.29, 1.82) is 0 Å². The highest BCUT2D eigenvalue weighted by Gasteiger charge is 2.11. The molecule has 0 radical (unpaired) electrons. The maximum absolute atomic E-state index is 12.4. The number of rotatable bonds is 4. The second-order valence-electron chi connectivity index (χ2n) is 5.44. The maximum atomic E-state index is 12.4. The molecule has 122 valence electrons. The summed E-state index contributed by atoms with van der Waals surface area (Å²) in [6.45, 7) is 3.66. The second-order valence-corrected chi connectivity index (χ2v) is 5.44. The molecule has 0 aliphatic carbocycles. The summed E-state index contributed by atoms with van der Waals surface area (Å²) in [7, 11) is 3.74. The minimum atomic E-state index is -0.539. The zero-order valence-electron chi connectivity index (χ0n) is 13.4. The topological polar surface area (TPSA) is 96.2 Å². The highest BCUT2D eigenvalue weighted by atomic mass is 16.2. The van der Waals surface area contributed by atoms with Crippen molar-refractivity contribution in [2.75, 3.05) is 14.1 Å². The smallest absolute Gasteiger partial charge is 0.330 e. The number of aromatic amines is 1. The van der Waals surface area contributed by atoms with Crippen molar-refractivity contribution in [3.63, 3.8) is 0 Å². The lowest BCUT2D eigenvalue weighted by atomic mass is 10.2. The minimum absolute atomic E-state index is 0.113. The number of nitrogens with one attached hydrogen (secondary N) is 1. The Kier molecular flexibility index (Phi) is 3.95. The number of allylic oxidation sites excluding steroid dienone is 1. The molecule has 2 aromatic heterocycles. The number of fused-ring (bicyclic) bond motifs is 2. The normalized spacial score (nSPS) is 11.4. The molecule has 0 unspecified atom stereocenters. The van der Waals surface area contributed by atoms with Crippen molar-refractivity contribution in [2.24, 2.45) is 4.99 Å². The molecule has 0 amide bonds. The Morgan fingerprint density at radius 2 is 2.08 bits per heavy atom. The van der Waals surface area contributed by atoms with E-state index >= 15 is 0 Å². The van der Waals surface area contributed by atoms with Crippen LogP contribution in [0.3, 0.4) is 0 Å². The van der Waals surface area contributed by atoms with Crippen LogP contribution in [0.2, 0.25) is 0 Å². The van der Waals surface area contributed by atoms with Crippen molar-refractivity contribution in [3.05, 3.63) is 51.7 Å². The summed E-state index contributed by atoms with van der Waals surface area (Å²) in [6, 6.07) is 5.28. The molecule has 0 saturated heterocycles. The Bertz CT molecular complexity index is 1080. The van der Waals surface area contributed by atoms with E-state index in [1.807, 2.05) is 19.0 Å². The number of nitrogens with zero attached hydrogens (tertiary/aromatic N) is 5. The van der Waals surface area contributed by atoms with Crippen LogP contribution in [-0.2, 0) is 6.54 Å². The summed E-state index contributed by atoms with van der Waals surface area (Å²) >= 11 is 0. The molecule has 1 N–H and O–H groups in total. The number of hydrogen-bond acceptors (Lipinski definition) is 5. The van der Waals surface area contributed by atoms with Crippen molar-refractivity contribution in [1.82, 2.24) is 24.4 Å². The van der Waals surface area contributed by atoms with E-state index in [1.54, 1.807) is 24.5 Å². The number of benzene rings is 1. The average molecular weight is 324 g/mol. The van der Waals surface area contributed by atoms with Gasteiger partial charge in [0.05, 0.1) is 23.1 Å². The van der Waals surface area contributed by atoms with Crippen molar-refractivity contribution in [2.45, 2.75) is 6.54 Å². The molecule has 0 bridgehead atoms. The summed E-state index contributed by atoms with van der Waals surface area (Å²) in [5.74, 6) is 0. The van der Waals surface area contributed by atoms with Crippen LogP contribution in [0.5, 0.6) is 0 Å². The first-order valence-electron chi connectivity index (χ1n) is 7.26. The minimum Gasteiger partial charge on any atom is -0.369 e. The van der Waals surface area contributed by atoms with Gasteiger partial charge in [-0.15, -0.1) is 6.58 Å². The third-order valence-corrected chi connectivity index (χ3v) is 3.32. The van der Waals surface area contributed by atoms with Crippen LogP contribution >= 0.6 is 0 Å². The Balaban J connectivity index is 2.23. The molecule has 0 fully saturated rings. The molecule has 0 aliphatic heterocycles. The predicted octanol–water partition coefficient (Wildman–Crippen LogP) is 1.04. The molecular weight excluding hydrogens is 308 g/mol. The summed E-state index contributed by atoms with van der Waals surface area (Å²) in [4.78, 5) is 41.8. The Labute approximate surface area is 136 Å².